The van der Waals surface area contributed by atoms with Crippen molar-refractivity contribution in [1.29, 1.82) is 0 Å². The van der Waals surface area contributed by atoms with Gasteiger partial charge in [-0.2, -0.15) is 5.10 Å². The highest BCUT2D eigenvalue weighted by molar-refractivity contribution is 7.07. The van der Waals surface area contributed by atoms with Gasteiger partial charge in [-0.15, -0.1) is 11.3 Å². The number of thiazole rings is 1. The minimum Gasteiger partial charge on any atom is -0.338 e. The highest BCUT2D eigenvalue weighted by Crippen LogP contribution is 2.15. The van der Waals surface area contributed by atoms with Crippen molar-refractivity contribution < 1.29 is 4.79 Å². The molecule has 0 saturated carbocycles. The average Bonchev–Trinajstić information content (AvgIpc) is 3.02. The molecule has 6 nitrogen and oxygen atoms in total. The lowest BCUT2D eigenvalue weighted by molar-refractivity contribution is -0.132. The maximum Gasteiger partial charge on any atom is 0.244 e. The van der Waals surface area contributed by atoms with Crippen LogP contribution in [-0.4, -0.2) is 39.7 Å². The predicted molar refractivity (Wildman–Crippen MR) is 73.6 cm³/mol. The molecule has 2 heterocycles. The number of rotatable bonds is 5. The lowest BCUT2D eigenvalue weighted by Gasteiger charge is -2.22. The van der Waals surface area contributed by atoms with Crippen LogP contribution in [0.5, 0.6) is 0 Å². The first kappa shape index (κ1) is 13.7. The Morgan fingerprint density at radius 1 is 1.63 bits per heavy atom. The Balaban J connectivity index is 2.08. The molecule has 1 atom stereocenters. The van der Waals surface area contributed by atoms with E-state index in [1.807, 2.05) is 18.6 Å². The summed E-state index contributed by atoms with van der Waals surface area (Å²) < 4.78 is 1.69. The molecule has 2 aromatic rings. The van der Waals surface area contributed by atoms with E-state index in [4.69, 9.17) is 0 Å². The fourth-order valence-electron chi connectivity index (χ4n) is 1.88. The number of nitrogens with zero attached hydrogens (tertiary/aromatic N) is 4. The highest BCUT2D eigenvalue weighted by atomic mass is 32.1. The Kier molecular flexibility index (Phi) is 4.28. The molecule has 102 valence electrons. The molecule has 1 amide bonds. The van der Waals surface area contributed by atoms with E-state index in [0.29, 0.717) is 6.54 Å². The van der Waals surface area contributed by atoms with Crippen LogP contribution in [0, 0.1) is 0 Å². The number of nitrogens with one attached hydrogen (secondary N) is 1. The normalized spacial score (nSPS) is 12.4. The smallest absolute Gasteiger partial charge is 0.244 e. The minimum atomic E-state index is -0.377. The lowest BCUT2D eigenvalue weighted by Crippen LogP contribution is -2.37. The molecule has 1 N–H and O–H groups in total. The Hall–Kier alpha value is -1.73. The second-order valence-corrected chi connectivity index (χ2v) is 5.06. The van der Waals surface area contributed by atoms with Crippen LogP contribution < -0.4 is 5.32 Å². The largest absolute Gasteiger partial charge is 0.338 e. The maximum atomic E-state index is 12.4. The van der Waals surface area contributed by atoms with Crippen molar-refractivity contribution in [3.63, 3.8) is 0 Å². The SMILES string of the molecule is CNC(C(=O)N(C)Cc1cscn1)c1cnn(C)c1. The highest BCUT2D eigenvalue weighted by Gasteiger charge is 2.23. The number of hydrogen-bond donors (Lipinski definition) is 1. The number of likely N-dealkylation sites (N-methyl/N-ethyl adjacent to an activating group) is 2. The molecule has 7 heteroatoms. The van der Waals surface area contributed by atoms with E-state index >= 15 is 0 Å². The lowest BCUT2D eigenvalue weighted by atomic mass is 10.1. The van der Waals surface area contributed by atoms with Gasteiger partial charge in [0.2, 0.25) is 5.91 Å². The summed E-state index contributed by atoms with van der Waals surface area (Å²) in [5.74, 6) is 0.00324. The molecule has 2 aromatic heterocycles. The minimum absolute atomic E-state index is 0.00324. The maximum absolute atomic E-state index is 12.4. The zero-order chi connectivity index (χ0) is 13.8. The van der Waals surface area contributed by atoms with Crippen molar-refractivity contribution >= 4 is 17.2 Å². The second-order valence-electron chi connectivity index (χ2n) is 4.34. The van der Waals surface area contributed by atoms with Crippen LogP contribution in [0.3, 0.4) is 0 Å². The van der Waals surface area contributed by atoms with E-state index in [0.717, 1.165) is 11.3 Å². The van der Waals surface area contributed by atoms with Gasteiger partial charge in [0.05, 0.1) is 23.9 Å². The first-order valence-corrected chi connectivity index (χ1v) is 6.84. The van der Waals surface area contributed by atoms with Crippen molar-refractivity contribution in [2.75, 3.05) is 14.1 Å². The Morgan fingerprint density at radius 2 is 2.42 bits per heavy atom. The third kappa shape index (κ3) is 3.18. The van der Waals surface area contributed by atoms with E-state index in [1.165, 1.54) is 11.3 Å². The summed E-state index contributed by atoms with van der Waals surface area (Å²) in [6.07, 6.45) is 3.55. The van der Waals surface area contributed by atoms with Gasteiger partial charge in [0.15, 0.2) is 0 Å². The van der Waals surface area contributed by atoms with Crippen LogP contribution >= 0.6 is 11.3 Å². The van der Waals surface area contributed by atoms with E-state index < -0.39 is 0 Å². The molecule has 0 fully saturated rings. The summed E-state index contributed by atoms with van der Waals surface area (Å²) in [4.78, 5) is 18.3. The van der Waals surface area contributed by atoms with E-state index in [2.05, 4.69) is 15.4 Å². The van der Waals surface area contributed by atoms with Crippen LogP contribution in [0.15, 0.2) is 23.3 Å². The van der Waals surface area contributed by atoms with Crippen LogP contribution in [-0.2, 0) is 18.4 Å². The zero-order valence-electron chi connectivity index (χ0n) is 11.2. The third-order valence-electron chi connectivity index (χ3n) is 2.85. The molecule has 0 radical (unpaired) electrons. The summed E-state index contributed by atoms with van der Waals surface area (Å²) in [7, 11) is 5.38. The number of carbonyl (C=O) groups is 1. The van der Waals surface area contributed by atoms with Crippen molar-refractivity contribution in [2.24, 2.45) is 7.05 Å². The first-order valence-electron chi connectivity index (χ1n) is 5.89. The quantitative estimate of drug-likeness (QED) is 0.879. The van der Waals surface area contributed by atoms with Crippen molar-refractivity contribution in [2.45, 2.75) is 12.6 Å². The van der Waals surface area contributed by atoms with E-state index in [9.17, 15) is 4.79 Å². The fourth-order valence-corrected chi connectivity index (χ4v) is 2.43. The molecule has 0 aromatic carbocycles. The Labute approximate surface area is 116 Å². The molecule has 0 bridgehead atoms. The fraction of sp³-hybridized carbons (Fsp3) is 0.417. The predicted octanol–water partition coefficient (Wildman–Crippen LogP) is 0.796. The van der Waals surface area contributed by atoms with Gasteiger partial charge in [-0.25, -0.2) is 4.98 Å². The molecule has 0 aliphatic heterocycles. The monoisotopic (exact) mass is 279 g/mol. The summed E-state index contributed by atoms with van der Waals surface area (Å²) >= 11 is 1.53. The van der Waals surface area contributed by atoms with Gasteiger partial charge < -0.3 is 10.2 Å². The molecule has 19 heavy (non-hydrogen) atoms. The van der Waals surface area contributed by atoms with Gasteiger partial charge in [0, 0.05) is 31.2 Å². The van der Waals surface area contributed by atoms with Crippen molar-refractivity contribution in [3.05, 3.63) is 34.5 Å². The molecule has 2 rings (SSSR count). The summed E-state index contributed by atoms with van der Waals surface area (Å²) in [5.41, 5.74) is 3.53. The summed E-state index contributed by atoms with van der Waals surface area (Å²) in [5, 5.41) is 9.07. The van der Waals surface area contributed by atoms with E-state index in [-0.39, 0.29) is 11.9 Å². The second kappa shape index (κ2) is 5.94. The number of amides is 1. The number of carbonyl (C=O) groups excluding carboxylic acids is 1. The van der Waals surface area contributed by atoms with Crippen LogP contribution in [0.25, 0.3) is 0 Å². The molecule has 0 aliphatic carbocycles. The molecule has 0 saturated heterocycles. The van der Waals surface area contributed by atoms with Crippen molar-refractivity contribution in [1.82, 2.24) is 25.0 Å². The molecule has 0 aliphatic rings. The summed E-state index contributed by atoms with van der Waals surface area (Å²) in [6.45, 7) is 0.515. The van der Waals surface area contributed by atoms with Gasteiger partial charge in [-0.05, 0) is 7.05 Å². The third-order valence-corrected chi connectivity index (χ3v) is 3.49. The van der Waals surface area contributed by atoms with Gasteiger partial charge in [0.25, 0.3) is 0 Å². The Bertz CT molecular complexity index is 536. The number of aryl methyl sites for hydroxylation is 1. The molecule has 1 unspecified atom stereocenters. The van der Waals surface area contributed by atoms with Gasteiger partial charge in [0.1, 0.15) is 6.04 Å². The number of aromatic nitrogens is 3. The average molecular weight is 279 g/mol. The van der Waals surface area contributed by atoms with Gasteiger partial charge in [-0.3, -0.25) is 9.48 Å². The summed E-state index contributed by atoms with van der Waals surface area (Å²) in [6, 6.07) is -0.377. The molecular formula is C12H17N5OS. The first-order chi connectivity index (χ1) is 9.11. The topological polar surface area (TPSA) is 63.1 Å². The van der Waals surface area contributed by atoms with Gasteiger partial charge in [-0.1, -0.05) is 0 Å². The number of hydrogen-bond acceptors (Lipinski definition) is 5. The molecular weight excluding hydrogens is 262 g/mol. The van der Waals surface area contributed by atoms with Crippen LogP contribution in [0.4, 0.5) is 0 Å². The zero-order valence-corrected chi connectivity index (χ0v) is 12.0. The van der Waals surface area contributed by atoms with Crippen LogP contribution in [0.1, 0.15) is 17.3 Å². The van der Waals surface area contributed by atoms with Crippen LogP contribution in [0.2, 0.25) is 0 Å². The van der Waals surface area contributed by atoms with Gasteiger partial charge >= 0.3 is 0 Å². The van der Waals surface area contributed by atoms with Crippen molar-refractivity contribution in [3.8, 4) is 0 Å². The Morgan fingerprint density at radius 3 is 2.95 bits per heavy atom. The van der Waals surface area contributed by atoms with E-state index in [1.54, 1.807) is 35.4 Å². The standard InChI is InChI=1S/C12H17N5OS/c1-13-11(9-4-15-17(3)5-9)12(18)16(2)6-10-7-19-8-14-10/h4-5,7-8,11,13H,6H2,1-3H3. The molecule has 0 spiro atoms.